The summed E-state index contributed by atoms with van der Waals surface area (Å²) in [6.07, 6.45) is 1.91. The maximum atomic E-state index is 11.9. The molecule has 0 aliphatic rings. The zero-order valence-electron chi connectivity index (χ0n) is 10.8. The predicted octanol–water partition coefficient (Wildman–Crippen LogP) is 3.21. The first-order valence-electron chi connectivity index (χ1n) is 5.90. The third kappa shape index (κ3) is 3.05. The molecule has 0 unspecified atom stereocenters. The number of carbonyl (C=O) groups is 1. The van der Waals surface area contributed by atoms with Gasteiger partial charge in [-0.3, -0.25) is 4.79 Å². The van der Waals surface area contributed by atoms with Gasteiger partial charge in [0.2, 0.25) is 5.91 Å². The van der Waals surface area contributed by atoms with E-state index in [0.29, 0.717) is 11.6 Å². The number of amides is 1. The van der Waals surface area contributed by atoms with Crippen LogP contribution in [0.15, 0.2) is 30.5 Å². The summed E-state index contributed by atoms with van der Waals surface area (Å²) in [6, 6.07) is 7.66. The molecule has 2 rings (SSSR count). The number of hydrogen-bond donors (Lipinski definition) is 1. The van der Waals surface area contributed by atoms with Crippen molar-refractivity contribution in [2.24, 2.45) is 0 Å². The second-order valence-corrected chi connectivity index (χ2v) is 5.88. The average molecular weight is 265 g/mol. The van der Waals surface area contributed by atoms with Gasteiger partial charge in [0.05, 0.1) is 0 Å². The zero-order chi connectivity index (χ0) is 13.3. The highest BCUT2D eigenvalue weighted by Gasteiger charge is 2.14. The van der Waals surface area contributed by atoms with Crippen molar-refractivity contribution in [2.45, 2.75) is 32.9 Å². The minimum absolute atomic E-state index is 0.0000227. The molecule has 4 heteroatoms. The van der Waals surface area contributed by atoms with E-state index in [1.807, 2.05) is 55.8 Å². The Morgan fingerprint density at radius 1 is 1.33 bits per heavy atom. The molecule has 0 saturated carbocycles. The number of fused-ring (bicyclic) bond motifs is 1. The van der Waals surface area contributed by atoms with Gasteiger partial charge in [-0.25, -0.2) is 0 Å². The smallest absolute Gasteiger partial charge is 0.240 e. The zero-order valence-corrected chi connectivity index (χ0v) is 11.6. The number of nitrogens with one attached hydrogen (secondary N) is 1. The quantitative estimate of drug-likeness (QED) is 0.888. The van der Waals surface area contributed by atoms with E-state index in [0.717, 1.165) is 10.9 Å². The maximum Gasteiger partial charge on any atom is 0.240 e. The van der Waals surface area contributed by atoms with Gasteiger partial charge in [-0.15, -0.1) is 0 Å². The van der Waals surface area contributed by atoms with Crippen molar-refractivity contribution in [2.75, 3.05) is 0 Å². The number of benzene rings is 1. The highest BCUT2D eigenvalue weighted by atomic mass is 35.5. The first-order valence-corrected chi connectivity index (χ1v) is 6.28. The summed E-state index contributed by atoms with van der Waals surface area (Å²) < 4.78 is 1.91. The Morgan fingerprint density at radius 3 is 2.72 bits per heavy atom. The highest BCUT2D eigenvalue weighted by molar-refractivity contribution is 6.31. The average Bonchev–Trinajstić information content (AvgIpc) is 2.58. The minimum atomic E-state index is -0.211. The van der Waals surface area contributed by atoms with Crippen molar-refractivity contribution in [3.63, 3.8) is 0 Å². The van der Waals surface area contributed by atoms with E-state index in [4.69, 9.17) is 11.6 Å². The van der Waals surface area contributed by atoms with E-state index in [2.05, 4.69) is 5.32 Å². The van der Waals surface area contributed by atoms with Gasteiger partial charge in [0.15, 0.2) is 0 Å². The van der Waals surface area contributed by atoms with Gasteiger partial charge in [-0.2, -0.15) is 0 Å². The minimum Gasteiger partial charge on any atom is -0.350 e. The van der Waals surface area contributed by atoms with Crippen LogP contribution in [0.5, 0.6) is 0 Å². The second kappa shape index (κ2) is 4.65. The molecule has 3 nitrogen and oxygen atoms in total. The number of rotatable bonds is 2. The Labute approximate surface area is 112 Å². The standard InChI is InChI=1S/C14H17ClN2O/c1-14(2,3)16-13(18)9-17-7-6-10-4-5-11(15)8-12(10)17/h4-8H,9H2,1-3H3,(H,16,18). The van der Waals surface area contributed by atoms with Crippen molar-refractivity contribution in [1.82, 2.24) is 9.88 Å². The van der Waals surface area contributed by atoms with Gasteiger partial charge in [0, 0.05) is 22.3 Å². The number of nitrogens with zero attached hydrogens (tertiary/aromatic N) is 1. The lowest BCUT2D eigenvalue weighted by Crippen LogP contribution is -2.42. The molecule has 1 heterocycles. The van der Waals surface area contributed by atoms with Gasteiger partial charge in [-0.05, 0) is 44.4 Å². The van der Waals surface area contributed by atoms with Crippen LogP contribution in [-0.2, 0) is 11.3 Å². The lowest BCUT2D eigenvalue weighted by atomic mass is 10.1. The van der Waals surface area contributed by atoms with Crippen LogP contribution in [-0.4, -0.2) is 16.0 Å². The topological polar surface area (TPSA) is 34.0 Å². The van der Waals surface area contributed by atoms with Crippen molar-refractivity contribution in [1.29, 1.82) is 0 Å². The number of halogens is 1. The van der Waals surface area contributed by atoms with Gasteiger partial charge in [0.25, 0.3) is 0 Å². The molecule has 1 N–H and O–H groups in total. The first kappa shape index (κ1) is 13.0. The molecule has 2 aromatic rings. The molecule has 1 aromatic carbocycles. The lowest BCUT2D eigenvalue weighted by Gasteiger charge is -2.20. The summed E-state index contributed by atoms with van der Waals surface area (Å²) in [6.45, 7) is 6.21. The van der Waals surface area contributed by atoms with E-state index >= 15 is 0 Å². The third-order valence-corrected chi connectivity index (χ3v) is 2.80. The largest absolute Gasteiger partial charge is 0.350 e. The summed E-state index contributed by atoms with van der Waals surface area (Å²) >= 11 is 5.98. The number of hydrogen-bond acceptors (Lipinski definition) is 1. The fourth-order valence-corrected chi connectivity index (χ4v) is 2.07. The van der Waals surface area contributed by atoms with Crippen LogP contribution in [0.3, 0.4) is 0 Å². The predicted molar refractivity (Wildman–Crippen MR) is 74.8 cm³/mol. The Bertz CT molecular complexity index is 581. The molecule has 96 valence electrons. The molecule has 1 aromatic heterocycles. The molecule has 0 aliphatic carbocycles. The van der Waals surface area contributed by atoms with Crippen molar-refractivity contribution in [3.8, 4) is 0 Å². The summed E-state index contributed by atoms with van der Waals surface area (Å²) in [4.78, 5) is 11.9. The number of aromatic nitrogens is 1. The fraction of sp³-hybridized carbons (Fsp3) is 0.357. The molecule has 0 fully saturated rings. The third-order valence-electron chi connectivity index (χ3n) is 2.56. The van der Waals surface area contributed by atoms with E-state index in [-0.39, 0.29) is 11.4 Å². The van der Waals surface area contributed by atoms with Gasteiger partial charge in [-0.1, -0.05) is 17.7 Å². The van der Waals surface area contributed by atoms with Crippen molar-refractivity contribution in [3.05, 3.63) is 35.5 Å². The molecule has 0 bridgehead atoms. The first-order chi connectivity index (χ1) is 8.35. The van der Waals surface area contributed by atoms with Crippen LogP contribution in [0.1, 0.15) is 20.8 Å². The molecule has 18 heavy (non-hydrogen) atoms. The number of carbonyl (C=O) groups excluding carboxylic acids is 1. The Kier molecular flexibility index (Phi) is 3.35. The monoisotopic (exact) mass is 264 g/mol. The highest BCUT2D eigenvalue weighted by Crippen LogP contribution is 2.20. The van der Waals surface area contributed by atoms with E-state index in [9.17, 15) is 4.79 Å². The fourth-order valence-electron chi connectivity index (χ4n) is 1.91. The SMILES string of the molecule is CC(C)(C)NC(=O)Cn1ccc2ccc(Cl)cc21. The van der Waals surface area contributed by atoms with E-state index < -0.39 is 0 Å². The Morgan fingerprint density at radius 2 is 2.06 bits per heavy atom. The van der Waals surface area contributed by atoms with Gasteiger partial charge < -0.3 is 9.88 Å². The molecular formula is C14H17ClN2O. The Hall–Kier alpha value is -1.48. The van der Waals surface area contributed by atoms with Crippen LogP contribution in [0.25, 0.3) is 10.9 Å². The van der Waals surface area contributed by atoms with Crippen LogP contribution in [0.4, 0.5) is 0 Å². The van der Waals surface area contributed by atoms with E-state index in [1.54, 1.807) is 0 Å². The van der Waals surface area contributed by atoms with Crippen LogP contribution in [0, 0.1) is 0 Å². The van der Waals surface area contributed by atoms with Crippen molar-refractivity contribution >= 4 is 28.4 Å². The molecule has 0 atom stereocenters. The molecule has 0 aliphatic heterocycles. The molecule has 0 radical (unpaired) electrons. The summed E-state index contributed by atoms with van der Waals surface area (Å²) in [5, 5.41) is 4.71. The molecule has 1 amide bonds. The molecular weight excluding hydrogens is 248 g/mol. The molecule has 0 spiro atoms. The Balaban J connectivity index is 2.22. The van der Waals surface area contributed by atoms with Gasteiger partial charge >= 0.3 is 0 Å². The lowest BCUT2D eigenvalue weighted by molar-refractivity contribution is -0.123. The summed E-state index contributed by atoms with van der Waals surface area (Å²) in [5.41, 5.74) is 0.768. The van der Waals surface area contributed by atoms with Crippen LogP contribution < -0.4 is 5.32 Å². The summed E-state index contributed by atoms with van der Waals surface area (Å²) in [7, 11) is 0. The summed E-state index contributed by atoms with van der Waals surface area (Å²) in [5.74, 6) is -0.0000227. The maximum absolute atomic E-state index is 11.9. The normalized spacial score (nSPS) is 11.8. The van der Waals surface area contributed by atoms with Crippen molar-refractivity contribution < 1.29 is 4.79 Å². The van der Waals surface area contributed by atoms with Crippen LogP contribution in [0.2, 0.25) is 5.02 Å². The van der Waals surface area contributed by atoms with Gasteiger partial charge in [0.1, 0.15) is 6.54 Å². The van der Waals surface area contributed by atoms with E-state index in [1.165, 1.54) is 0 Å². The van der Waals surface area contributed by atoms with Crippen LogP contribution >= 0.6 is 11.6 Å². The second-order valence-electron chi connectivity index (χ2n) is 5.44. The molecule has 0 saturated heterocycles.